The fourth-order valence-electron chi connectivity index (χ4n) is 2.48. The third-order valence-electron chi connectivity index (χ3n) is 3.35. The number of aryl methyl sites for hydroxylation is 2. The first-order valence-electron chi connectivity index (χ1n) is 5.72. The second-order valence-electron chi connectivity index (χ2n) is 4.29. The minimum absolute atomic E-state index is 1.12. The number of quaternary nitrogens is 1. The van der Waals surface area contributed by atoms with Crippen LogP contribution in [0.25, 0.3) is 0 Å². The Morgan fingerprint density at radius 1 is 0.750 bits per heavy atom. The molecule has 0 bridgehead atoms. The van der Waals surface area contributed by atoms with Gasteiger partial charge >= 0.3 is 0 Å². The summed E-state index contributed by atoms with van der Waals surface area (Å²) < 4.78 is 0. The lowest BCUT2D eigenvalue weighted by atomic mass is 10.0. The molecular weight excluding hydrogens is 194 g/mol. The first kappa shape index (κ1) is 9.61. The van der Waals surface area contributed by atoms with Crippen molar-refractivity contribution in [3.8, 4) is 0 Å². The molecule has 0 aromatic heterocycles. The van der Waals surface area contributed by atoms with Gasteiger partial charge in [0.25, 0.3) is 0 Å². The zero-order valence-corrected chi connectivity index (χ0v) is 9.24. The fraction of sp³-hybridized carbons (Fsp3) is 0.133. The molecule has 0 atom stereocenters. The van der Waals surface area contributed by atoms with E-state index < -0.39 is 0 Å². The summed E-state index contributed by atoms with van der Waals surface area (Å²) in [5.41, 5.74) is 5.47. The number of para-hydroxylation sites is 2. The van der Waals surface area contributed by atoms with E-state index in [4.69, 9.17) is 0 Å². The van der Waals surface area contributed by atoms with E-state index in [-0.39, 0.29) is 0 Å². The second kappa shape index (κ2) is 3.76. The summed E-state index contributed by atoms with van der Waals surface area (Å²) in [5.74, 6) is 0. The summed E-state index contributed by atoms with van der Waals surface area (Å²) >= 11 is 0. The maximum atomic E-state index is 4.26. The lowest BCUT2D eigenvalue weighted by molar-refractivity contribution is -0.705. The third-order valence-corrected chi connectivity index (χ3v) is 3.35. The predicted octanol–water partition coefficient (Wildman–Crippen LogP) is 2.42. The highest BCUT2D eigenvalue weighted by atomic mass is 15.1. The van der Waals surface area contributed by atoms with Gasteiger partial charge in [0.2, 0.25) is 0 Å². The van der Waals surface area contributed by atoms with Crippen LogP contribution < -0.4 is 4.90 Å². The van der Waals surface area contributed by atoms with E-state index in [1.54, 1.807) is 0 Å². The van der Waals surface area contributed by atoms with E-state index in [1.807, 2.05) is 0 Å². The molecule has 16 heavy (non-hydrogen) atoms. The highest BCUT2D eigenvalue weighted by molar-refractivity contribution is 5.50. The molecule has 0 spiro atoms. The highest BCUT2D eigenvalue weighted by Gasteiger charge is 2.17. The largest absolute Gasteiger partial charge is 0.402 e. The van der Waals surface area contributed by atoms with Gasteiger partial charge in [0, 0.05) is 11.1 Å². The number of nitrogens with one attached hydrogen (secondary N) is 1. The van der Waals surface area contributed by atoms with Gasteiger partial charge in [-0.2, -0.15) is 0 Å². The SMILES string of the molecule is [CH2-][NH+]1c2ccccc2CCc2ccccc21. The summed E-state index contributed by atoms with van der Waals surface area (Å²) in [6, 6.07) is 17.2. The summed E-state index contributed by atoms with van der Waals surface area (Å²) in [7, 11) is 4.26. The number of fused-ring (bicyclic) bond motifs is 2. The minimum Gasteiger partial charge on any atom is -0.402 e. The molecule has 2 aromatic carbocycles. The van der Waals surface area contributed by atoms with Gasteiger partial charge in [0.15, 0.2) is 0 Å². The van der Waals surface area contributed by atoms with Gasteiger partial charge in [-0.15, -0.1) is 7.05 Å². The monoisotopic (exact) mass is 209 g/mol. The van der Waals surface area contributed by atoms with Gasteiger partial charge in [-0.3, -0.25) is 0 Å². The summed E-state index contributed by atoms with van der Waals surface area (Å²) in [6.45, 7) is 0. The Morgan fingerprint density at radius 2 is 1.19 bits per heavy atom. The molecule has 80 valence electrons. The van der Waals surface area contributed by atoms with Gasteiger partial charge in [-0.05, 0) is 25.0 Å². The van der Waals surface area contributed by atoms with Gasteiger partial charge in [-0.1, -0.05) is 36.4 Å². The van der Waals surface area contributed by atoms with Crippen LogP contribution in [0.1, 0.15) is 11.1 Å². The van der Waals surface area contributed by atoms with Crippen molar-refractivity contribution in [2.24, 2.45) is 0 Å². The van der Waals surface area contributed by atoms with E-state index >= 15 is 0 Å². The quantitative estimate of drug-likeness (QED) is 0.636. The summed E-state index contributed by atoms with van der Waals surface area (Å²) in [5, 5.41) is 0. The summed E-state index contributed by atoms with van der Waals surface area (Å²) in [6.07, 6.45) is 2.23. The second-order valence-corrected chi connectivity index (χ2v) is 4.29. The molecule has 3 rings (SSSR count). The van der Waals surface area contributed by atoms with E-state index in [2.05, 4.69) is 55.6 Å². The fourth-order valence-corrected chi connectivity index (χ4v) is 2.48. The van der Waals surface area contributed by atoms with Crippen LogP contribution in [0.3, 0.4) is 0 Å². The van der Waals surface area contributed by atoms with Crippen LogP contribution in [0.4, 0.5) is 11.4 Å². The van der Waals surface area contributed by atoms with Crippen molar-refractivity contribution in [1.82, 2.24) is 0 Å². The van der Waals surface area contributed by atoms with Crippen LogP contribution in [0.5, 0.6) is 0 Å². The molecule has 1 N–H and O–H groups in total. The lowest BCUT2D eigenvalue weighted by Gasteiger charge is -2.21. The normalized spacial score (nSPS) is 15.1. The molecule has 0 saturated heterocycles. The molecule has 0 unspecified atom stereocenters. The van der Waals surface area contributed by atoms with Crippen LogP contribution in [0.2, 0.25) is 0 Å². The molecule has 1 heteroatoms. The van der Waals surface area contributed by atoms with Gasteiger partial charge in [0.05, 0.1) is 0 Å². The van der Waals surface area contributed by atoms with E-state index in [1.165, 1.54) is 27.4 Å². The molecular formula is C15H15N. The van der Waals surface area contributed by atoms with Crippen molar-refractivity contribution in [1.29, 1.82) is 0 Å². The summed E-state index contributed by atoms with van der Waals surface area (Å²) in [4.78, 5) is 1.17. The standard InChI is InChI=1S/C15H15N/c1-16-14-8-4-2-6-12(14)10-11-13-7-3-5-9-15(13)16/h2-9,16H,1,10-11H2. The Morgan fingerprint density at radius 3 is 1.69 bits per heavy atom. The topological polar surface area (TPSA) is 4.44 Å². The molecule has 1 nitrogen and oxygen atoms in total. The average Bonchev–Trinajstić information content (AvgIpc) is 2.49. The Hall–Kier alpha value is -1.60. The van der Waals surface area contributed by atoms with Gasteiger partial charge in [0.1, 0.15) is 11.4 Å². The Kier molecular flexibility index (Phi) is 2.26. The smallest absolute Gasteiger partial charge is 0.113 e. The predicted molar refractivity (Wildman–Crippen MR) is 65.9 cm³/mol. The molecule has 1 aliphatic heterocycles. The first-order valence-corrected chi connectivity index (χ1v) is 5.72. The Balaban J connectivity index is 2.18. The van der Waals surface area contributed by atoms with Crippen LogP contribution in [0.15, 0.2) is 48.5 Å². The van der Waals surface area contributed by atoms with Crippen molar-refractivity contribution >= 4 is 11.4 Å². The highest BCUT2D eigenvalue weighted by Crippen LogP contribution is 2.23. The Labute approximate surface area is 96.3 Å². The maximum Gasteiger partial charge on any atom is 0.113 e. The third kappa shape index (κ3) is 1.44. The van der Waals surface area contributed by atoms with E-state index in [0.29, 0.717) is 0 Å². The molecule has 0 radical (unpaired) electrons. The van der Waals surface area contributed by atoms with Crippen LogP contribution in [-0.2, 0) is 12.8 Å². The van der Waals surface area contributed by atoms with Crippen molar-refractivity contribution in [3.05, 3.63) is 66.7 Å². The average molecular weight is 209 g/mol. The number of hydrogen-bond donors (Lipinski definition) is 1. The molecule has 0 aliphatic carbocycles. The zero-order chi connectivity index (χ0) is 11.0. The maximum absolute atomic E-state index is 4.26. The minimum atomic E-state index is 1.12. The number of rotatable bonds is 0. The molecule has 0 saturated carbocycles. The zero-order valence-electron chi connectivity index (χ0n) is 9.24. The number of benzene rings is 2. The van der Waals surface area contributed by atoms with E-state index in [9.17, 15) is 0 Å². The van der Waals surface area contributed by atoms with Crippen LogP contribution in [-0.4, -0.2) is 0 Å². The van der Waals surface area contributed by atoms with Crippen LogP contribution in [0, 0.1) is 7.05 Å². The van der Waals surface area contributed by atoms with Crippen molar-refractivity contribution in [3.63, 3.8) is 0 Å². The molecule has 0 fully saturated rings. The molecule has 0 amide bonds. The Bertz CT molecular complexity index is 469. The molecule has 2 aromatic rings. The van der Waals surface area contributed by atoms with Crippen molar-refractivity contribution in [2.75, 3.05) is 0 Å². The van der Waals surface area contributed by atoms with Crippen LogP contribution >= 0.6 is 0 Å². The molecule has 1 heterocycles. The van der Waals surface area contributed by atoms with Gasteiger partial charge < -0.3 is 4.90 Å². The van der Waals surface area contributed by atoms with Crippen molar-refractivity contribution in [2.45, 2.75) is 12.8 Å². The lowest BCUT2D eigenvalue weighted by Crippen LogP contribution is -2.96. The number of hydrogen-bond acceptors (Lipinski definition) is 0. The molecule has 1 aliphatic rings. The van der Waals surface area contributed by atoms with Crippen molar-refractivity contribution < 1.29 is 4.90 Å². The van der Waals surface area contributed by atoms with Gasteiger partial charge in [-0.25, -0.2) is 0 Å². The first-order chi connectivity index (χ1) is 7.86. The van der Waals surface area contributed by atoms with E-state index in [0.717, 1.165) is 12.8 Å².